The van der Waals surface area contributed by atoms with Gasteiger partial charge in [0.15, 0.2) is 0 Å². The van der Waals surface area contributed by atoms with Crippen LogP contribution in [0.1, 0.15) is 6.92 Å². The molecule has 0 radical (unpaired) electrons. The second-order valence-corrected chi connectivity index (χ2v) is 4.49. The fraction of sp³-hybridized carbons (Fsp3) is 0.800. The van der Waals surface area contributed by atoms with Crippen LogP contribution in [0.5, 0.6) is 0 Å². The van der Waals surface area contributed by atoms with Crippen molar-refractivity contribution >= 4 is 15.8 Å². The van der Waals surface area contributed by atoms with E-state index < -0.39 is 33.0 Å². The highest BCUT2D eigenvalue weighted by molar-refractivity contribution is 7.92. The molecule has 1 atom stereocenters. The van der Waals surface area contributed by atoms with Gasteiger partial charge < -0.3 is 5.11 Å². The SMILES string of the molecule is CC(CS(=O)(=O)C(F)(F)F)C(=O)O. The Bertz CT molecular complexity index is 291. The van der Waals surface area contributed by atoms with Gasteiger partial charge in [-0.2, -0.15) is 13.2 Å². The summed E-state index contributed by atoms with van der Waals surface area (Å²) in [5, 5.41) is 8.18. The molecule has 0 aliphatic carbocycles. The van der Waals surface area contributed by atoms with Gasteiger partial charge in [0.25, 0.3) is 0 Å². The summed E-state index contributed by atoms with van der Waals surface area (Å²) in [6, 6.07) is 0. The van der Waals surface area contributed by atoms with Gasteiger partial charge in [0.2, 0.25) is 9.84 Å². The number of halogens is 3. The normalized spacial score (nSPS) is 15.4. The predicted molar refractivity (Wildman–Crippen MR) is 36.6 cm³/mol. The summed E-state index contributed by atoms with van der Waals surface area (Å²) >= 11 is 0. The minimum Gasteiger partial charge on any atom is -0.481 e. The van der Waals surface area contributed by atoms with Crippen LogP contribution in [-0.2, 0) is 14.6 Å². The monoisotopic (exact) mass is 220 g/mol. The van der Waals surface area contributed by atoms with Crippen molar-refractivity contribution < 1.29 is 31.5 Å². The average Bonchev–Trinajstić information content (AvgIpc) is 1.83. The second-order valence-electron chi connectivity index (χ2n) is 2.47. The highest BCUT2D eigenvalue weighted by Gasteiger charge is 2.46. The Kier molecular flexibility index (Phi) is 3.31. The van der Waals surface area contributed by atoms with Gasteiger partial charge in [-0.05, 0) is 0 Å². The molecule has 1 unspecified atom stereocenters. The molecule has 0 bridgehead atoms. The molecule has 0 saturated carbocycles. The second kappa shape index (κ2) is 3.52. The summed E-state index contributed by atoms with van der Waals surface area (Å²) in [4.78, 5) is 10.1. The predicted octanol–water partition coefficient (Wildman–Crippen LogP) is 0.642. The summed E-state index contributed by atoms with van der Waals surface area (Å²) < 4.78 is 55.8. The smallest absolute Gasteiger partial charge is 0.481 e. The van der Waals surface area contributed by atoms with Gasteiger partial charge in [-0.1, -0.05) is 6.92 Å². The summed E-state index contributed by atoms with van der Waals surface area (Å²) in [7, 11) is -5.32. The van der Waals surface area contributed by atoms with Crippen LogP contribution < -0.4 is 0 Å². The topological polar surface area (TPSA) is 71.4 Å². The molecule has 0 aromatic carbocycles. The van der Waals surface area contributed by atoms with Crippen molar-refractivity contribution in [1.29, 1.82) is 0 Å². The molecule has 13 heavy (non-hydrogen) atoms. The fourth-order valence-electron chi connectivity index (χ4n) is 0.495. The number of carboxylic acid groups (broad SMARTS) is 1. The highest BCUT2D eigenvalue weighted by Crippen LogP contribution is 2.25. The molecule has 78 valence electrons. The van der Waals surface area contributed by atoms with Crippen LogP contribution in [0.3, 0.4) is 0 Å². The number of rotatable bonds is 3. The molecule has 8 heteroatoms. The van der Waals surface area contributed by atoms with Crippen molar-refractivity contribution in [3.63, 3.8) is 0 Å². The Hall–Kier alpha value is -0.790. The molecule has 1 N–H and O–H groups in total. The zero-order chi connectivity index (χ0) is 10.9. The molecule has 0 fully saturated rings. The Labute approximate surface area is 72.3 Å². The van der Waals surface area contributed by atoms with Crippen molar-refractivity contribution in [1.82, 2.24) is 0 Å². The highest BCUT2D eigenvalue weighted by atomic mass is 32.2. The first-order valence-electron chi connectivity index (χ1n) is 3.10. The molecule has 0 aliphatic heterocycles. The quantitative estimate of drug-likeness (QED) is 0.757. The average molecular weight is 220 g/mol. The van der Waals surface area contributed by atoms with Gasteiger partial charge in [0.1, 0.15) is 0 Å². The summed E-state index contributed by atoms with van der Waals surface area (Å²) in [6.45, 7) is 0.894. The van der Waals surface area contributed by atoms with E-state index in [0.717, 1.165) is 6.92 Å². The number of hydrogen-bond acceptors (Lipinski definition) is 3. The van der Waals surface area contributed by atoms with Crippen LogP contribution in [0.2, 0.25) is 0 Å². The van der Waals surface area contributed by atoms with Crippen LogP contribution in [0.15, 0.2) is 0 Å². The van der Waals surface area contributed by atoms with E-state index in [-0.39, 0.29) is 0 Å². The first-order valence-corrected chi connectivity index (χ1v) is 4.75. The van der Waals surface area contributed by atoms with Crippen LogP contribution in [0, 0.1) is 5.92 Å². The van der Waals surface area contributed by atoms with Crippen molar-refractivity contribution in [2.75, 3.05) is 5.75 Å². The van der Waals surface area contributed by atoms with Gasteiger partial charge in [-0.3, -0.25) is 4.79 Å². The first kappa shape index (κ1) is 12.2. The maximum Gasteiger partial charge on any atom is 0.497 e. The third-order valence-electron chi connectivity index (χ3n) is 1.24. The van der Waals surface area contributed by atoms with E-state index in [4.69, 9.17) is 5.11 Å². The lowest BCUT2D eigenvalue weighted by Crippen LogP contribution is -2.31. The zero-order valence-corrected chi connectivity index (χ0v) is 7.32. The minimum absolute atomic E-state index is 0.894. The fourth-order valence-corrected chi connectivity index (χ4v) is 1.48. The van der Waals surface area contributed by atoms with Gasteiger partial charge in [0, 0.05) is 0 Å². The molecule has 4 nitrogen and oxygen atoms in total. The number of alkyl halides is 3. The number of aliphatic carboxylic acids is 1. The Morgan fingerprint density at radius 3 is 2.08 bits per heavy atom. The number of sulfone groups is 1. The molecule has 0 aromatic rings. The van der Waals surface area contributed by atoms with Crippen LogP contribution >= 0.6 is 0 Å². The van der Waals surface area contributed by atoms with Crippen molar-refractivity contribution in [3.05, 3.63) is 0 Å². The Morgan fingerprint density at radius 1 is 1.46 bits per heavy atom. The molecule has 0 amide bonds. The number of carboxylic acids is 1. The van der Waals surface area contributed by atoms with Crippen LogP contribution in [-0.4, -0.2) is 30.8 Å². The van der Waals surface area contributed by atoms with E-state index in [9.17, 15) is 26.4 Å². The largest absolute Gasteiger partial charge is 0.497 e. The van der Waals surface area contributed by atoms with Gasteiger partial charge in [0.05, 0.1) is 11.7 Å². The standard InChI is InChI=1S/C5H7F3O4S/c1-3(4(9)10)2-13(11,12)5(6,7)8/h3H,2H2,1H3,(H,9,10). The summed E-state index contributed by atoms with van der Waals surface area (Å²) in [5.41, 5.74) is -5.38. The zero-order valence-electron chi connectivity index (χ0n) is 6.50. The van der Waals surface area contributed by atoms with Crippen LogP contribution in [0.25, 0.3) is 0 Å². The number of hydrogen-bond donors (Lipinski definition) is 1. The van der Waals surface area contributed by atoms with E-state index in [2.05, 4.69) is 0 Å². The molecule has 0 aliphatic rings. The first-order chi connectivity index (χ1) is 5.58. The third-order valence-corrected chi connectivity index (χ3v) is 2.89. The van der Waals surface area contributed by atoms with Crippen molar-refractivity contribution in [3.8, 4) is 0 Å². The molecular formula is C5H7F3O4S. The van der Waals surface area contributed by atoms with E-state index in [1.165, 1.54) is 0 Å². The summed E-state index contributed by atoms with van der Waals surface area (Å²) in [6.07, 6.45) is 0. The van der Waals surface area contributed by atoms with E-state index in [0.29, 0.717) is 0 Å². The lowest BCUT2D eigenvalue weighted by molar-refractivity contribution is -0.140. The van der Waals surface area contributed by atoms with E-state index >= 15 is 0 Å². The molecule has 0 heterocycles. The lowest BCUT2D eigenvalue weighted by Gasteiger charge is -2.09. The number of carbonyl (C=O) groups is 1. The molecule has 0 aromatic heterocycles. The minimum atomic E-state index is -5.38. The third kappa shape index (κ3) is 3.21. The van der Waals surface area contributed by atoms with Gasteiger partial charge >= 0.3 is 11.5 Å². The van der Waals surface area contributed by atoms with Gasteiger partial charge in [-0.25, -0.2) is 8.42 Å². The lowest BCUT2D eigenvalue weighted by atomic mass is 10.2. The molecule has 0 spiro atoms. The maximum atomic E-state index is 11.7. The molecule has 0 rings (SSSR count). The van der Waals surface area contributed by atoms with Crippen molar-refractivity contribution in [2.24, 2.45) is 5.92 Å². The van der Waals surface area contributed by atoms with Crippen LogP contribution in [0.4, 0.5) is 13.2 Å². The maximum absolute atomic E-state index is 11.7. The molecular weight excluding hydrogens is 213 g/mol. The summed E-state index contributed by atoms with van der Waals surface area (Å²) in [5.74, 6) is -4.56. The van der Waals surface area contributed by atoms with Crippen molar-refractivity contribution in [2.45, 2.75) is 12.4 Å². The Balaban J connectivity index is 4.64. The van der Waals surface area contributed by atoms with E-state index in [1.807, 2.05) is 0 Å². The molecule has 0 saturated heterocycles. The van der Waals surface area contributed by atoms with Gasteiger partial charge in [-0.15, -0.1) is 0 Å². The Morgan fingerprint density at radius 2 is 1.85 bits per heavy atom. The van der Waals surface area contributed by atoms with E-state index in [1.54, 1.807) is 0 Å².